The summed E-state index contributed by atoms with van der Waals surface area (Å²) in [4.78, 5) is 14.1. The van der Waals surface area contributed by atoms with Gasteiger partial charge in [0.25, 0.3) is 5.91 Å². The lowest BCUT2D eigenvalue weighted by Gasteiger charge is -2.38. The molecule has 0 radical (unpaired) electrons. The van der Waals surface area contributed by atoms with Crippen molar-refractivity contribution >= 4 is 21.8 Å². The van der Waals surface area contributed by atoms with Gasteiger partial charge >= 0.3 is 0 Å². The van der Waals surface area contributed by atoms with E-state index in [0.29, 0.717) is 23.3 Å². The number of rotatable bonds is 3. The second kappa shape index (κ2) is 5.86. The van der Waals surface area contributed by atoms with Gasteiger partial charge in [-0.2, -0.15) is 0 Å². The number of ether oxygens (including phenoxy) is 1. The number of halogens is 1. The Labute approximate surface area is 114 Å². The zero-order chi connectivity index (χ0) is 13.1. The highest BCUT2D eigenvalue weighted by Crippen LogP contribution is 2.23. The van der Waals surface area contributed by atoms with E-state index < -0.39 is 0 Å². The van der Waals surface area contributed by atoms with Crippen molar-refractivity contribution in [2.45, 2.75) is 25.0 Å². The highest BCUT2D eigenvalue weighted by atomic mass is 79.9. The van der Waals surface area contributed by atoms with Crippen LogP contribution in [0.15, 0.2) is 21.4 Å². The lowest BCUT2D eigenvalue weighted by atomic mass is 9.98. The maximum atomic E-state index is 12.3. The minimum atomic E-state index is -0.0329. The van der Waals surface area contributed by atoms with Gasteiger partial charge in [0.1, 0.15) is 6.26 Å². The first kappa shape index (κ1) is 13.6. The first-order valence-electron chi connectivity index (χ1n) is 5.93. The summed E-state index contributed by atoms with van der Waals surface area (Å²) in [5.41, 5.74) is 6.30. The number of amides is 1. The number of likely N-dealkylation sites (tertiary alicyclic amines) is 1. The Hall–Kier alpha value is -0.850. The summed E-state index contributed by atoms with van der Waals surface area (Å²) in [6.45, 7) is 1.12. The molecule has 1 amide bonds. The van der Waals surface area contributed by atoms with Gasteiger partial charge in [-0.1, -0.05) is 0 Å². The molecule has 2 atom stereocenters. The van der Waals surface area contributed by atoms with Crippen molar-refractivity contribution in [2.24, 2.45) is 5.73 Å². The van der Waals surface area contributed by atoms with Gasteiger partial charge < -0.3 is 19.8 Å². The van der Waals surface area contributed by atoms with Gasteiger partial charge in [-0.15, -0.1) is 0 Å². The largest absolute Gasteiger partial charge is 0.457 e. The summed E-state index contributed by atoms with van der Waals surface area (Å²) in [6, 6.07) is 1.71. The molecule has 5 nitrogen and oxygen atoms in total. The number of carbonyl (C=O) groups excluding carboxylic acids is 1. The summed E-state index contributed by atoms with van der Waals surface area (Å²) in [5, 5.41) is 0. The van der Waals surface area contributed by atoms with Crippen molar-refractivity contribution in [2.75, 3.05) is 20.2 Å². The molecule has 1 aromatic rings. The van der Waals surface area contributed by atoms with Crippen molar-refractivity contribution in [3.05, 3.63) is 22.6 Å². The maximum Gasteiger partial charge on any atom is 0.257 e. The minimum absolute atomic E-state index is 0.0323. The molecule has 0 saturated carbocycles. The van der Waals surface area contributed by atoms with Crippen molar-refractivity contribution < 1.29 is 13.9 Å². The van der Waals surface area contributed by atoms with E-state index in [9.17, 15) is 4.79 Å². The Morgan fingerprint density at radius 3 is 3.06 bits per heavy atom. The first-order chi connectivity index (χ1) is 8.65. The van der Waals surface area contributed by atoms with Crippen LogP contribution in [-0.4, -0.2) is 43.2 Å². The van der Waals surface area contributed by atoms with E-state index in [1.54, 1.807) is 13.2 Å². The van der Waals surface area contributed by atoms with Gasteiger partial charge in [0, 0.05) is 32.3 Å². The third kappa shape index (κ3) is 2.76. The Bertz CT molecular complexity index is 421. The number of piperidine rings is 1. The molecule has 100 valence electrons. The van der Waals surface area contributed by atoms with Gasteiger partial charge in [0.15, 0.2) is 4.67 Å². The van der Waals surface area contributed by atoms with Crippen LogP contribution in [0.3, 0.4) is 0 Å². The average molecular weight is 317 g/mol. The van der Waals surface area contributed by atoms with Gasteiger partial charge in [0.05, 0.1) is 11.7 Å². The van der Waals surface area contributed by atoms with E-state index in [1.165, 1.54) is 6.26 Å². The van der Waals surface area contributed by atoms with Crippen LogP contribution < -0.4 is 5.73 Å². The van der Waals surface area contributed by atoms with E-state index >= 15 is 0 Å². The number of nitrogens with zero attached hydrogens (tertiary/aromatic N) is 1. The fourth-order valence-electron chi connectivity index (χ4n) is 2.31. The number of carbonyl (C=O) groups is 1. The molecule has 2 rings (SSSR count). The minimum Gasteiger partial charge on any atom is -0.457 e. The van der Waals surface area contributed by atoms with Crippen LogP contribution in [0.5, 0.6) is 0 Å². The molecule has 0 aliphatic carbocycles. The zero-order valence-electron chi connectivity index (χ0n) is 10.3. The van der Waals surface area contributed by atoms with Crippen LogP contribution in [0.1, 0.15) is 23.2 Å². The average Bonchev–Trinajstić information content (AvgIpc) is 2.83. The van der Waals surface area contributed by atoms with Crippen LogP contribution in [0.4, 0.5) is 0 Å². The molecule has 2 heterocycles. The molecule has 1 aliphatic rings. The third-order valence-electron chi connectivity index (χ3n) is 3.35. The molecule has 1 aromatic heterocycles. The van der Waals surface area contributed by atoms with E-state index in [4.69, 9.17) is 14.9 Å². The molecule has 0 bridgehead atoms. The SMILES string of the molecule is CO[C@@H]1CCN(C(=O)c2coc(Br)c2)[C@H](CN)C1. The standard InChI is InChI=1S/C12H17BrN2O3/c1-17-10-2-3-15(9(5-10)6-14)12(16)8-4-11(13)18-7-8/h4,7,9-10H,2-3,5-6,14H2,1H3/t9-,10+/m0/s1. The highest BCUT2D eigenvalue weighted by Gasteiger charge is 2.31. The summed E-state index contributed by atoms with van der Waals surface area (Å²) in [7, 11) is 1.70. The summed E-state index contributed by atoms with van der Waals surface area (Å²) < 4.78 is 11.0. The van der Waals surface area contributed by atoms with Crippen LogP contribution in [0, 0.1) is 0 Å². The molecule has 0 unspecified atom stereocenters. The molecule has 0 aromatic carbocycles. The number of nitrogens with two attached hydrogens (primary N) is 1. The predicted molar refractivity (Wildman–Crippen MR) is 70.3 cm³/mol. The molecule has 0 spiro atoms. The van der Waals surface area contributed by atoms with Gasteiger partial charge in [0.2, 0.25) is 0 Å². The quantitative estimate of drug-likeness (QED) is 0.920. The van der Waals surface area contributed by atoms with Crippen molar-refractivity contribution in [1.29, 1.82) is 0 Å². The Balaban J connectivity index is 2.10. The second-order valence-electron chi connectivity index (χ2n) is 4.41. The molecule has 1 aliphatic heterocycles. The van der Waals surface area contributed by atoms with Gasteiger partial charge in [-0.05, 0) is 28.8 Å². The van der Waals surface area contributed by atoms with Gasteiger partial charge in [-0.25, -0.2) is 0 Å². The van der Waals surface area contributed by atoms with Crippen LogP contribution in [-0.2, 0) is 4.74 Å². The second-order valence-corrected chi connectivity index (χ2v) is 5.19. The summed E-state index contributed by atoms with van der Waals surface area (Å²) in [6.07, 6.45) is 3.29. The van der Waals surface area contributed by atoms with Crippen LogP contribution >= 0.6 is 15.9 Å². The van der Waals surface area contributed by atoms with Crippen molar-refractivity contribution in [1.82, 2.24) is 4.90 Å². The van der Waals surface area contributed by atoms with E-state index in [0.717, 1.165) is 12.8 Å². The smallest absolute Gasteiger partial charge is 0.257 e. The normalized spacial score (nSPS) is 24.3. The molecule has 18 heavy (non-hydrogen) atoms. The van der Waals surface area contributed by atoms with E-state index in [2.05, 4.69) is 15.9 Å². The van der Waals surface area contributed by atoms with Gasteiger partial charge in [-0.3, -0.25) is 4.79 Å². The van der Waals surface area contributed by atoms with E-state index in [1.807, 2.05) is 4.90 Å². The fourth-order valence-corrected chi connectivity index (χ4v) is 2.65. The lowest BCUT2D eigenvalue weighted by molar-refractivity contribution is 0.0139. The first-order valence-corrected chi connectivity index (χ1v) is 6.73. The van der Waals surface area contributed by atoms with E-state index in [-0.39, 0.29) is 18.1 Å². The molecular formula is C12H17BrN2O3. The highest BCUT2D eigenvalue weighted by molar-refractivity contribution is 9.10. The van der Waals surface area contributed by atoms with Crippen LogP contribution in [0.2, 0.25) is 0 Å². The van der Waals surface area contributed by atoms with Crippen molar-refractivity contribution in [3.8, 4) is 0 Å². The zero-order valence-corrected chi connectivity index (χ0v) is 11.9. The monoisotopic (exact) mass is 316 g/mol. The topological polar surface area (TPSA) is 68.7 Å². The summed E-state index contributed by atoms with van der Waals surface area (Å²) >= 11 is 3.20. The molecule has 1 fully saturated rings. The number of hydrogen-bond donors (Lipinski definition) is 1. The lowest BCUT2D eigenvalue weighted by Crippen LogP contribution is -2.51. The Morgan fingerprint density at radius 1 is 1.72 bits per heavy atom. The molecule has 6 heteroatoms. The third-order valence-corrected chi connectivity index (χ3v) is 3.76. The Kier molecular flexibility index (Phi) is 4.42. The maximum absolute atomic E-state index is 12.3. The molecule has 1 saturated heterocycles. The predicted octanol–water partition coefficient (Wildman–Crippen LogP) is 1.62. The summed E-state index contributed by atoms with van der Waals surface area (Å²) in [5.74, 6) is -0.0329. The molecular weight excluding hydrogens is 300 g/mol. The van der Waals surface area contributed by atoms with Crippen molar-refractivity contribution in [3.63, 3.8) is 0 Å². The van der Waals surface area contributed by atoms with Crippen LogP contribution in [0.25, 0.3) is 0 Å². The fraction of sp³-hybridized carbons (Fsp3) is 0.583. The Morgan fingerprint density at radius 2 is 2.50 bits per heavy atom. The number of methoxy groups -OCH3 is 1. The molecule has 2 N–H and O–H groups in total. The number of furan rings is 1. The number of hydrogen-bond acceptors (Lipinski definition) is 4.